The molecule has 2 rings (SSSR count). The van der Waals surface area contributed by atoms with Crippen LogP contribution in [0.25, 0.3) is 0 Å². The van der Waals surface area contributed by atoms with Gasteiger partial charge in [0.25, 0.3) is 0 Å². The van der Waals surface area contributed by atoms with Gasteiger partial charge in [0, 0.05) is 13.1 Å². The molecule has 2 aliphatic rings. The van der Waals surface area contributed by atoms with Crippen molar-refractivity contribution in [2.75, 3.05) is 13.1 Å². The number of carbonyl (C=O) groups is 2. The van der Waals surface area contributed by atoms with Crippen LogP contribution in [0, 0.1) is 5.92 Å². The lowest BCUT2D eigenvalue weighted by Gasteiger charge is -2.37. The number of carboxylic acids is 1. The van der Waals surface area contributed by atoms with E-state index in [1.165, 1.54) is 0 Å². The van der Waals surface area contributed by atoms with Gasteiger partial charge < -0.3 is 20.1 Å². The van der Waals surface area contributed by atoms with E-state index in [1.54, 1.807) is 4.90 Å². The molecule has 0 radical (unpaired) electrons. The van der Waals surface area contributed by atoms with Gasteiger partial charge in [0.1, 0.15) is 6.04 Å². The fourth-order valence-corrected chi connectivity index (χ4v) is 3.42. The van der Waals surface area contributed by atoms with E-state index in [0.29, 0.717) is 13.1 Å². The van der Waals surface area contributed by atoms with E-state index < -0.39 is 12.0 Å². The molecule has 1 aliphatic carbocycles. The largest absolute Gasteiger partial charge is 0.480 e. The fourth-order valence-electron chi connectivity index (χ4n) is 3.42. The van der Waals surface area contributed by atoms with Gasteiger partial charge in [0.15, 0.2) is 0 Å². The first-order valence-corrected chi connectivity index (χ1v) is 7.91. The number of ether oxygens (including phenoxy) is 1. The standard InChI is InChI=1S/C15H26N2O4/c1-10-8-17(9-11(2)21-10)15(20)16-13(14(18)19)12-6-4-3-5-7-12/h10-13H,3-9H2,1-2H3,(H,16,20)(H,18,19)/t10-,11+,13?. The Morgan fingerprint density at radius 3 is 2.24 bits per heavy atom. The van der Waals surface area contributed by atoms with Crippen molar-refractivity contribution in [1.82, 2.24) is 10.2 Å². The maximum absolute atomic E-state index is 12.3. The van der Waals surface area contributed by atoms with Crippen LogP contribution in [0.2, 0.25) is 0 Å². The lowest BCUT2D eigenvalue weighted by molar-refractivity contribution is -0.141. The average Bonchev–Trinajstić information content (AvgIpc) is 2.44. The van der Waals surface area contributed by atoms with Crippen molar-refractivity contribution in [3.8, 4) is 0 Å². The first kappa shape index (κ1) is 16.1. The molecule has 0 aromatic carbocycles. The molecule has 2 N–H and O–H groups in total. The van der Waals surface area contributed by atoms with Crippen LogP contribution in [0.15, 0.2) is 0 Å². The molecule has 6 heteroatoms. The topological polar surface area (TPSA) is 78.9 Å². The number of amides is 2. The van der Waals surface area contributed by atoms with E-state index in [2.05, 4.69) is 5.32 Å². The number of rotatable bonds is 3. The number of nitrogens with one attached hydrogen (secondary N) is 1. The van der Waals surface area contributed by atoms with E-state index in [4.69, 9.17) is 4.74 Å². The lowest BCUT2D eigenvalue weighted by atomic mass is 9.84. The number of hydrogen-bond acceptors (Lipinski definition) is 3. The van der Waals surface area contributed by atoms with Gasteiger partial charge >= 0.3 is 12.0 Å². The number of nitrogens with zero attached hydrogens (tertiary/aromatic N) is 1. The van der Waals surface area contributed by atoms with Gasteiger partial charge in [-0.3, -0.25) is 0 Å². The minimum absolute atomic E-state index is 0.0162. The van der Waals surface area contributed by atoms with Crippen LogP contribution in [-0.4, -0.2) is 53.3 Å². The Balaban J connectivity index is 1.95. The van der Waals surface area contributed by atoms with Crippen molar-refractivity contribution < 1.29 is 19.4 Å². The highest BCUT2D eigenvalue weighted by Gasteiger charge is 2.33. The van der Waals surface area contributed by atoms with Gasteiger partial charge in [-0.25, -0.2) is 9.59 Å². The second-order valence-electron chi connectivity index (χ2n) is 6.33. The molecule has 1 saturated carbocycles. The summed E-state index contributed by atoms with van der Waals surface area (Å²) in [6.07, 6.45) is 5.00. The first-order chi connectivity index (χ1) is 9.97. The number of carboxylic acid groups (broad SMARTS) is 1. The molecule has 21 heavy (non-hydrogen) atoms. The van der Waals surface area contributed by atoms with Crippen LogP contribution >= 0.6 is 0 Å². The summed E-state index contributed by atoms with van der Waals surface area (Å²) in [5.41, 5.74) is 0. The van der Waals surface area contributed by atoms with E-state index in [9.17, 15) is 14.7 Å². The van der Waals surface area contributed by atoms with E-state index in [-0.39, 0.29) is 24.2 Å². The Labute approximate surface area is 125 Å². The fraction of sp³-hybridized carbons (Fsp3) is 0.867. The second-order valence-corrected chi connectivity index (χ2v) is 6.33. The molecule has 0 aromatic heterocycles. The number of urea groups is 1. The number of aliphatic carboxylic acids is 1. The van der Waals surface area contributed by atoms with Crippen molar-refractivity contribution >= 4 is 12.0 Å². The van der Waals surface area contributed by atoms with Crippen LogP contribution in [0.5, 0.6) is 0 Å². The minimum Gasteiger partial charge on any atom is -0.480 e. The molecule has 0 spiro atoms. The van der Waals surface area contributed by atoms with Crippen LogP contribution in [-0.2, 0) is 9.53 Å². The third-order valence-corrected chi connectivity index (χ3v) is 4.37. The number of carbonyl (C=O) groups excluding carboxylic acids is 1. The summed E-state index contributed by atoms with van der Waals surface area (Å²) >= 11 is 0. The molecule has 1 heterocycles. The highest BCUT2D eigenvalue weighted by Crippen LogP contribution is 2.27. The maximum Gasteiger partial charge on any atom is 0.326 e. The van der Waals surface area contributed by atoms with Gasteiger partial charge in [-0.05, 0) is 32.6 Å². The van der Waals surface area contributed by atoms with Gasteiger partial charge in [0.05, 0.1) is 12.2 Å². The van der Waals surface area contributed by atoms with Crippen LogP contribution < -0.4 is 5.32 Å². The van der Waals surface area contributed by atoms with Crippen molar-refractivity contribution in [3.63, 3.8) is 0 Å². The van der Waals surface area contributed by atoms with Crippen molar-refractivity contribution in [2.45, 2.75) is 64.2 Å². The normalized spacial score (nSPS) is 29.0. The highest BCUT2D eigenvalue weighted by atomic mass is 16.5. The summed E-state index contributed by atoms with van der Waals surface area (Å²) in [4.78, 5) is 25.5. The smallest absolute Gasteiger partial charge is 0.326 e. The predicted octanol–water partition coefficient (Wildman–Crippen LogP) is 1.84. The van der Waals surface area contributed by atoms with Crippen LogP contribution in [0.1, 0.15) is 46.0 Å². The van der Waals surface area contributed by atoms with Gasteiger partial charge in [0.2, 0.25) is 0 Å². The maximum atomic E-state index is 12.3. The Bertz CT molecular complexity index is 372. The zero-order valence-electron chi connectivity index (χ0n) is 12.9. The van der Waals surface area contributed by atoms with Crippen LogP contribution in [0.4, 0.5) is 4.79 Å². The lowest BCUT2D eigenvalue weighted by Crippen LogP contribution is -2.56. The molecule has 2 amide bonds. The van der Waals surface area contributed by atoms with Gasteiger partial charge in [-0.15, -0.1) is 0 Å². The van der Waals surface area contributed by atoms with Gasteiger partial charge in [-0.1, -0.05) is 19.3 Å². The summed E-state index contributed by atoms with van der Waals surface area (Å²) in [5, 5.41) is 12.1. The van der Waals surface area contributed by atoms with Gasteiger partial charge in [-0.2, -0.15) is 0 Å². The third kappa shape index (κ3) is 4.33. The van der Waals surface area contributed by atoms with Crippen molar-refractivity contribution in [3.05, 3.63) is 0 Å². The molecular formula is C15H26N2O4. The quantitative estimate of drug-likeness (QED) is 0.833. The van der Waals surface area contributed by atoms with E-state index >= 15 is 0 Å². The zero-order valence-corrected chi connectivity index (χ0v) is 12.9. The number of hydrogen-bond donors (Lipinski definition) is 2. The SMILES string of the molecule is C[C@@H]1CN(C(=O)NC(C(=O)O)C2CCCCC2)C[C@H](C)O1. The van der Waals surface area contributed by atoms with E-state index in [1.807, 2.05) is 13.8 Å². The number of morpholine rings is 1. The molecule has 1 unspecified atom stereocenters. The third-order valence-electron chi connectivity index (χ3n) is 4.37. The monoisotopic (exact) mass is 298 g/mol. The second kappa shape index (κ2) is 7.11. The highest BCUT2D eigenvalue weighted by molar-refractivity contribution is 5.83. The summed E-state index contributed by atoms with van der Waals surface area (Å²) in [6.45, 7) is 4.86. The average molecular weight is 298 g/mol. The van der Waals surface area contributed by atoms with Crippen molar-refractivity contribution in [1.29, 1.82) is 0 Å². The molecule has 0 bridgehead atoms. The summed E-state index contributed by atoms with van der Waals surface area (Å²) in [5.74, 6) is -0.874. The van der Waals surface area contributed by atoms with Crippen LogP contribution in [0.3, 0.4) is 0 Å². The molecule has 6 nitrogen and oxygen atoms in total. The Morgan fingerprint density at radius 2 is 1.71 bits per heavy atom. The molecule has 1 aliphatic heterocycles. The molecular weight excluding hydrogens is 272 g/mol. The molecule has 0 aromatic rings. The zero-order chi connectivity index (χ0) is 15.4. The van der Waals surface area contributed by atoms with E-state index in [0.717, 1.165) is 32.1 Å². The molecule has 3 atom stereocenters. The first-order valence-electron chi connectivity index (χ1n) is 7.91. The minimum atomic E-state index is -0.926. The van der Waals surface area contributed by atoms with Crippen molar-refractivity contribution in [2.24, 2.45) is 5.92 Å². The predicted molar refractivity (Wildman–Crippen MR) is 78.1 cm³/mol. The molecule has 1 saturated heterocycles. The Hall–Kier alpha value is -1.30. The molecule has 120 valence electrons. The molecule has 2 fully saturated rings. The summed E-state index contributed by atoms with van der Waals surface area (Å²) in [6, 6.07) is -1.05. The summed E-state index contributed by atoms with van der Waals surface area (Å²) < 4.78 is 5.60. The Kier molecular flexibility index (Phi) is 5.45. The Morgan fingerprint density at radius 1 is 1.14 bits per heavy atom. The summed E-state index contributed by atoms with van der Waals surface area (Å²) in [7, 11) is 0.